The lowest BCUT2D eigenvalue weighted by Crippen LogP contribution is -2.07. The van der Waals surface area contributed by atoms with Crippen molar-refractivity contribution in [3.8, 4) is 0 Å². The van der Waals surface area contributed by atoms with Crippen molar-refractivity contribution in [1.82, 2.24) is 20.2 Å². The van der Waals surface area contributed by atoms with Crippen molar-refractivity contribution >= 4 is 17.5 Å². The maximum atomic E-state index is 11.8. The number of carbonyl (C=O) groups is 1. The Morgan fingerprint density at radius 1 is 1.39 bits per heavy atom. The predicted molar refractivity (Wildman–Crippen MR) is 69.4 cm³/mol. The minimum atomic E-state index is 0.108. The van der Waals surface area contributed by atoms with Gasteiger partial charge in [0.2, 0.25) is 0 Å². The van der Waals surface area contributed by atoms with Crippen LogP contribution >= 0.6 is 11.8 Å². The summed E-state index contributed by atoms with van der Waals surface area (Å²) in [4.78, 5) is 14.3. The molecule has 18 heavy (non-hydrogen) atoms. The Kier molecular flexibility index (Phi) is 4.09. The molecule has 94 valence electrons. The number of hydrogen-bond acceptors (Lipinski definition) is 5. The molecular formula is C12H14N4OS. The summed E-state index contributed by atoms with van der Waals surface area (Å²) in [5.41, 5.74) is 1.19. The highest BCUT2D eigenvalue weighted by atomic mass is 32.2. The molecule has 2 rings (SSSR count). The summed E-state index contributed by atoms with van der Waals surface area (Å²) in [5.74, 6) is 1.02. The molecule has 0 amide bonds. The van der Waals surface area contributed by atoms with Crippen molar-refractivity contribution in [2.24, 2.45) is 7.05 Å². The van der Waals surface area contributed by atoms with E-state index in [2.05, 4.69) is 15.4 Å². The van der Waals surface area contributed by atoms with E-state index in [1.165, 1.54) is 10.4 Å². The number of ketones is 1. The number of tetrazole rings is 1. The van der Waals surface area contributed by atoms with Crippen molar-refractivity contribution in [3.63, 3.8) is 0 Å². The maximum Gasteiger partial charge on any atom is 0.182 e. The first kappa shape index (κ1) is 12.8. The molecule has 5 nitrogen and oxygen atoms in total. The largest absolute Gasteiger partial charge is 0.298 e. The molecule has 0 atom stereocenters. The SMILES string of the molecule is Cc1ccccc1SCC(=O)Cc1nnn(C)n1. The first-order chi connectivity index (χ1) is 8.65. The third-order valence-corrected chi connectivity index (χ3v) is 3.62. The average molecular weight is 262 g/mol. The Balaban J connectivity index is 1.87. The quantitative estimate of drug-likeness (QED) is 0.763. The van der Waals surface area contributed by atoms with Gasteiger partial charge in [-0.25, -0.2) is 0 Å². The topological polar surface area (TPSA) is 60.7 Å². The Morgan fingerprint density at radius 3 is 2.83 bits per heavy atom. The summed E-state index contributed by atoms with van der Waals surface area (Å²) in [6, 6.07) is 8.03. The van der Waals surface area contributed by atoms with E-state index in [1.54, 1.807) is 18.8 Å². The third kappa shape index (κ3) is 3.40. The van der Waals surface area contributed by atoms with Gasteiger partial charge in [-0.1, -0.05) is 18.2 Å². The molecule has 6 heteroatoms. The molecule has 0 saturated carbocycles. The Labute approximate surface area is 110 Å². The van der Waals surface area contributed by atoms with Crippen LogP contribution in [0, 0.1) is 6.92 Å². The van der Waals surface area contributed by atoms with E-state index in [-0.39, 0.29) is 12.2 Å². The van der Waals surface area contributed by atoms with Gasteiger partial charge in [-0.2, -0.15) is 4.80 Å². The van der Waals surface area contributed by atoms with Crippen molar-refractivity contribution in [2.75, 3.05) is 5.75 Å². The lowest BCUT2D eigenvalue weighted by molar-refractivity contribution is -0.116. The molecule has 0 bridgehead atoms. The first-order valence-electron chi connectivity index (χ1n) is 5.58. The number of aryl methyl sites for hydroxylation is 2. The highest BCUT2D eigenvalue weighted by Gasteiger charge is 2.09. The number of aromatic nitrogens is 4. The molecule has 0 unspecified atom stereocenters. The van der Waals surface area contributed by atoms with E-state index < -0.39 is 0 Å². The summed E-state index contributed by atoms with van der Waals surface area (Å²) in [6.45, 7) is 2.04. The molecule has 0 saturated heterocycles. The van der Waals surface area contributed by atoms with Gasteiger partial charge in [-0.15, -0.1) is 22.0 Å². The van der Waals surface area contributed by atoms with Crippen LogP contribution in [-0.2, 0) is 18.3 Å². The molecule has 0 radical (unpaired) electrons. The zero-order chi connectivity index (χ0) is 13.0. The molecule has 1 aromatic heterocycles. The Hall–Kier alpha value is -1.69. The van der Waals surface area contributed by atoms with Crippen LogP contribution in [0.1, 0.15) is 11.4 Å². The van der Waals surface area contributed by atoms with Crippen LogP contribution in [0.25, 0.3) is 0 Å². The number of rotatable bonds is 5. The molecule has 0 aliphatic carbocycles. The van der Waals surface area contributed by atoms with Gasteiger partial charge in [0.15, 0.2) is 11.6 Å². The Morgan fingerprint density at radius 2 is 2.17 bits per heavy atom. The van der Waals surface area contributed by atoms with Gasteiger partial charge in [-0.05, 0) is 23.8 Å². The lowest BCUT2D eigenvalue weighted by atomic mass is 10.2. The molecule has 1 aromatic carbocycles. The molecule has 0 fully saturated rings. The molecule has 1 heterocycles. The molecular weight excluding hydrogens is 248 g/mol. The fraction of sp³-hybridized carbons (Fsp3) is 0.333. The van der Waals surface area contributed by atoms with Crippen LogP contribution in [-0.4, -0.2) is 31.7 Å². The van der Waals surface area contributed by atoms with E-state index >= 15 is 0 Å². The van der Waals surface area contributed by atoms with Gasteiger partial charge < -0.3 is 0 Å². The minimum absolute atomic E-state index is 0.108. The van der Waals surface area contributed by atoms with Crippen LogP contribution in [0.15, 0.2) is 29.2 Å². The van der Waals surface area contributed by atoms with Crippen LogP contribution in [0.5, 0.6) is 0 Å². The first-order valence-corrected chi connectivity index (χ1v) is 6.56. The second-order valence-corrected chi connectivity index (χ2v) is 4.98. The molecule has 0 spiro atoms. The predicted octanol–water partition coefficient (Wildman–Crippen LogP) is 1.42. The van der Waals surface area contributed by atoms with Gasteiger partial charge in [0.05, 0.1) is 19.2 Å². The van der Waals surface area contributed by atoms with Crippen molar-refractivity contribution in [1.29, 1.82) is 0 Å². The van der Waals surface area contributed by atoms with Crippen LogP contribution in [0.3, 0.4) is 0 Å². The summed E-state index contributed by atoms with van der Waals surface area (Å²) in [5, 5.41) is 11.5. The Bertz CT molecular complexity index is 553. The highest BCUT2D eigenvalue weighted by Crippen LogP contribution is 2.21. The second kappa shape index (κ2) is 5.77. The second-order valence-electron chi connectivity index (χ2n) is 3.96. The maximum absolute atomic E-state index is 11.8. The average Bonchev–Trinajstić information content (AvgIpc) is 2.74. The van der Waals surface area contributed by atoms with Crippen molar-refractivity contribution in [3.05, 3.63) is 35.7 Å². The van der Waals surface area contributed by atoms with Gasteiger partial charge in [0.1, 0.15) is 0 Å². The van der Waals surface area contributed by atoms with E-state index in [4.69, 9.17) is 0 Å². The zero-order valence-corrected chi connectivity index (χ0v) is 11.1. The fourth-order valence-corrected chi connectivity index (χ4v) is 2.39. The summed E-state index contributed by atoms with van der Waals surface area (Å²) in [6.07, 6.45) is 0.243. The lowest BCUT2D eigenvalue weighted by Gasteiger charge is -2.03. The summed E-state index contributed by atoms with van der Waals surface area (Å²) < 4.78 is 0. The highest BCUT2D eigenvalue weighted by molar-refractivity contribution is 8.00. The number of hydrogen-bond donors (Lipinski definition) is 0. The third-order valence-electron chi connectivity index (χ3n) is 2.39. The smallest absolute Gasteiger partial charge is 0.182 e. The van der Waals surface area contributed by atoms with E-state index in [9.17, 15) is 4.79 Å². The van der Waals surface area contributed by atoms with E-state index in [0.717, 1.165) is 4.90 Å². The number of benzene rings is 1. The number of carbonyl (C=O) groups excluding carboxylic acids is 1. The van der Waals surface area contributed by atoms with Gasteiger partial charge in [0.25, 0.3) is 0 Å². The molecule has 2 aromatic rings. The van der Waals surface area contributed by atoms with Gasteiger partial charge in [-0.3, -0.25) is 4.79 Å². The molecule has 0 aliphatic rings. The molecule has 0 aliphatic heterocycles. The van der Waals surface area contributed by atoms with Crippen LogP contribution in [0.4, 0.5) is 0 Å². The number of nitrogens with zero attached hydrogens (tertiary/aromatic N) is 4. The van der Waals surface area contributed by atoms with Crippen molar-refractivity contribution in [2.45, 2.75) is 18.2 Å². The summed E-state index contributed by atoms with van der Waals surface area (Å²) >= 11 is 1.55. The monoisotopic (exact) mass is 262 g/mol. The van der Waals surface area contributed by atoms with Crippen LogP contribution in [0.2, 0.25) is 0 Å². The minimum Gasteiger partial charge on any atom is -0.298 e. The van der Waals surface area contributed by atoms with E-state index in [0.29, 0.717) is 11.6 Å². The van der Waals surface area contributed by atoms with E-state index in [1.807, 2.05) is 31.2 Å². The van der Waals surface area contributed by atoms with Gasteiger partial charge >= 0.3 is 0 Å². The molecule has 0 N–H and O–H groups in total. The standard InChI is InChI=1S/C12H14N4OS/c1-9-5-3-4-6-11(9)18-8-10(17)7-12-13-15-16(2)14-12/h3-6H,7-8H2,1-2H3. The normalized spacial score (nSPS) is 10.6. The fourth-order valence-electron chi connectivity index (χ4n) is 1.50. The number of Topliss-reactive ketones (excluding diaryl/α,β-unsaturated/α-hetero) is 1. The van der Waals surface area contributed by atoms with Crippen molar-refractivity contribution < 1.29 is 4.79 Å². The van der Waals surface area contributed by atoms with Crippen LogP contribution < -0.4 is 0 Å². The number of thioether (sulfide) groups is 1. The van der Waals surface area contributed by atoms with Gasteiger partial charge in [0, 0.05) is 4.90 Å². The zero-order valence-electron chi connectivity index (χ0n) is 10.3. The summed E-state index contributed by atoms with van der Waals surface area (Å²) in [7, 11) is 1.68.